The molecule has 244 valence electrons. The smallest absolute Gasteiger partial charge is 0.345 e. The molecule has 5 aromatic rings. The van der Waals surface area contributed by atoms with E-state index in [1.54, 1.807) is 18.0 Å². The quantitative estimate of drug-likeness (QED) is 0.207. The van der Waals surface area contributed by atoms with Crippen LogP contribution < -0.4 is 14.5 Å². The Labute approximate surface area is 278 Å². The SMILES string of the molecule is CC(=O)N(C)c1ccc(N2CCN(S(C)(=O)=O)CC2)c(COc2ccc(-c3c(-c4ccccc4)c4sc(C(=O)O)cc4n3C)cc2)c1. The number of anilines is 2. The predicted octanol–water partition coefficient (Wildman–Crippen LogP) is 5.92. The number of hydrogen-bond acceptors (Lipinski definition) is 7. The monoisotopic (exact) mass is 672 g/mol. The van der Waals surface area contributed by atoms with E-state index >= 15 is 0 Å². The van der Waals surface area contributed by atoms with Crippen molar-refractivity contribution in [2.24, 2.45) is 7.05 Å². The lowest BCUT2D eigenvalue weighted by Gasteiger charge is -2.36. The fraction of sp³-hybridized carbons (Fsp3) is 0.257. The van der Waals surface area contributed by atoms with Gasteiger partial charge in [-0.15, -0.1) is 11.3 Å². The van der Waals surface area contributed by atoms with Crippen LogP contribution in [0, 0.1) is 0 Å². The molecular weight excluding hydrogens is 637 g/mol. The van der Waals surface area contributed by atoms with Crippen LogP contribution in [0.3, 0.4) is 0 Å². The molecule has 12 heteroatoms. The maximum Gasteiger partial charge on any atom is 0.345 e. The molecule has 1 aliphatic rings. The second-order valence-corrected chi connectivity index (χ2v) is 14.7. The molecule has 0 radical (unpaired) electrons. The zero-order valence-corrected chi connectivity index (χ0v) is 28.3. The van der Waals surface area contributed by atoms with E-state index in [2.05, 4.69) is 4.90 Å². The van der Waals surface area contributed by atoms with Crippen LogP contribution in [0.5, 0.6) is 5.75 Å². The third-order valence-corrected chi connectivity index (χ3v) is 11.1. The highest BCUT2D eigenvalue weighted by Crippen LogP contribution is 2.44. The fourth-order valence-corrected chi connectivity index (χ4v) is 7.96. The summed E-state index contributed by atoms with van der Waals surface area (Å²) in [6, 6.07) is 25.4. The molecule has 6 rings (SSSR count). The predicted molar refractivity (Wildman–Crippen MR) is 187 cm³/mol. The Hall–Kier alpha value is -4.65. The molecule has 0 spiro atoms. The van der Waals surface area contributed by atoms with E-state index in [1.807, 2.05) is 84.4 Å². The van der Waals surface area contributed by atoms with Gasteiger partial charge in [-0.25, -0.2) is 13.2 Å². The van der Waals surface area contributed by atoms with Crippen molar-refractivity contribution < 1.29 is 27.9 Å². The highest BCUT2D eigenvalue weighted by molar-refractivity contribution is 7.88. The lowest BCUT2D eigenvalue weighted by molar-refractivity contribution is -0.116. The minimum Gasteiger partial charge on any atom is -0.489 e. The van der Waals surface area contributed by atoms with Crippen molar-refractivity contribution in [2.45, 2.75) is 13.5 Å². The van der Waals surface area contributed by atoms with Crippen molar-refractivity contribution in [2.75, 3.05) is 49.3 Å². The molecule has 10 nitrogen and oxygen atoms in total. The number of rotatable bonds is 9. The Morgan fingerprint density at radius 3 is 2.23 bits per heavy atom. The van der Waals surface area contributed by atoms with E-state index in [0.29, 0.717) is 36.8 Å². The molecule has 3 aromatic carbocycles. The molecule has 0 saturated carbocycles. The number of carboxylic acid groups (broad SMARTS) is 1. The molecule has 47 heavy (non-hydrogen) atoms. The topological polar surface area (TPSA) is 112 Å². The number of carbonyl (C=O) groups excluding carboxylic acids is 1. The lowest BCUT2D eigenvalue weighted by Crippen LogP contribution is -2.48. The van der Waals surface area contributed by atoms with Crippen LogP contribution in [0.2, 0.25) is 0 Å². The number of carboxylic acids is 1. The first-order valence-electron chi connectivity index (χ1n) is 15.1. The number of benzene rings is 3. The standard InChI is InChI=1S/C35H36N4O6S2/c1-23(40)36(2)27-12-15-29(38-16-18-39(19-17-38)47(4,43)44)26(20-27)22-45-28-13-10-25(11-14-28)33-32(24-8-6-5-7-9-24)34-30(37(33)3)21-31(46-34)35(41)42/h5-15,20-21H,16-19,22H2,1-4H3,(H,41,42). The van der Waals surface area contributed by atoms with Gasteiger partial charge in [-0.3, -0.25) is 4.79 Å². The Bertz CT molecular complexity index is 2060. The van der Waals surface area contributed by atoms with Gasteiger partial charge in [0.1, 0.15) is 17.2 Å². The van der Waals surface area contributed by atoms with Crippen molar-refractivity contribution in [3.8, 4) is 28.1 Å². The molecule has 2 aromatic heterocycles. The first-order valence-corrected chi connectivity index (χ1v) is 17.8. The summed E-state index contributed by atoms with van der Waals surface area (Å²) in [5.74, 6) is -0.361. The minimum atomic E-state index is -3.26. The van der Waals surface area contributed by atoms with Gasteiger partial charge in [0.05, 0.1) is 22.2 Å². The average Bonchev–Trinajstić information content (AvgIpc) is 3.62. The molecule has 1 saturated heterocycles. The molecule has 0 atom stereocenters. The number of nitrogens with zero attached hydrogens (tertiary/aromatic N) is 4. The number of amides is 1. The van der Waals surface area contributed by atoms with Crippen molar-refractivity contribution in [1.82, 2.24) is 8.87 Å². The number of thiophene rings is 1. The summed E-state index contributed by atoms with van der Waals surface area (Å²) in [6.07, 6.45) is 1.23. The number of aromatic nitrogens is 1. The average molecular weight is 673 g/mol. The van der Waals surface area contributed by atoms with Gasteiger partial charge in [-0.1, -0.05) is 30.3 Å². The summed E-state index contributed by atoms with van der Waals surface area (Å²) >= 11 is 1.28. The summed E-state index contributed by atoms with van der Waals surface area (Å²) in [6.45, 7) is 3.64. The summed E-state index contributed by atoms with van der Waals surface area (Å²) in [5, 5.41) is 9.65. The van der Waals surface area contributed by atoms with Crippen LogP contribution in [-0.2, 0) is 28.5 Å². The number of hydrogen-bond donors (Lipinski definition) is 1. The van der Waals surface area contributed by atoms with E-state index in [4.69, 9.17) is 4.74 Å². The van der Waals surface area contributed by atoms with Crippen molar-refractivity contribution in [3.63, 3.8) is 0 Å². The fourth-order valence-electron chi connectivity index (χ4n) is 6.04. The summed E-state index contributed by atoms with van der Waals surface area (Å²) < 4.78 is 34.9. The van der Waals surface area contributed by atoms with Crippen molar-refractivity contribution in [1.29, 1.82) is 0 Å². The van der Waals surface area contributed by atoms with Gasteiger partial charge < -0.3 is 24.2 Å². The van der Waals surface area contributed by atoms with E-state index in [0.717, 1.165) is 49.5 Å². The third-order valence-electron chi connectivity index (χ3n) is 8.64. The normalized spacial score (nSPS) is 14.0. The molecule has 1 amide bonds. The van der Waals surface area contributed by atoms with E-state index in [-0.39, 0.29) is 12.5 Å². The van der Waals surface area contributed by atoms with Gasteiger partial charge >= 0.3 is 5.97 Å². The zero-order valence-electron chi connectivity index (χ0n) is 26.6. The molecule has 3 heterocycles. The Kier molecular flexibility index (Phi) is 8.84. The van der Waals surface area contributed by atoms with Gasteiger partial charge in [0.25, 0.3) is 0 Å². The summed E-state index contributed by atoms with van der Waals surface area (Å²) in [5.41, 5.74) is 7.37. The first-order chi connectivity index (χ1) is 22.4. The molecule has 1 aliphatic heterocycles. The van der Waals surface area contributed by atoms with Gasteiger partial charge in [-0.05, 0) is 59.7 Å². The molecule has 1 fully saturated rings. The van der Waals surface area contributed by atoms with E-state index < -0.39 is 16.0 Å². The number of fused-ring (bicyclic) bond motifs is 1. The molecule has 0 aliphatic carbocycles. The molecule has 0 bridgehead atoms. The van der Waals surface area contributed by atoms with Crippen LogP contribution in [0.4, 0.5) is 11.4 Å². The number of carbonyl (C=O) groups is 2. The summed E-state index contributed by atoms with van der Waals surface area (Å²) in [4.78, 5) is 27.9. The second kappa shape index (κ2) is 12.9. The lowest BCUT2D eigenvalue weighted by atomic mass is 10.0. The second-order valence-electron chi connectivity index (χ2n) is 11.6. The van der Waals surface area contributed by atoms with Gasteiger partial charge in [-0.2, -0.15) is 4.31 Å². The van der Waals surface area contributed by atoms with Gasteiger partial charge in [0, 0.05) is 69.7 Å². The number of aryl methyl sites for hydroxylation is 1. The largest absolute Gasteiger partial charge is 0.489 e. The first kappa shape index (κ1) is 32.3. The van der Waals surface area contributed by atoms with Gasteiger partial charge in [0.15, 0.2) is 0 Å². The highest BCUT2D eigenvalue weighted by atomic mass is 32.2. The van der Waals surface area contributed by atoms with Crippen LogP contribution in [0.15, 0.2) is 78.9 Å². The van der Waals surface area contributed by atoms with Crippen molar-refractivity contribution >= 4 is 54.8 Å². The Morgan fingerprint density at radius 1 is 0.936 bits per heavy atom. The van der Waals surface area contributed by atoms with Crippen LogP contribution >= 0.6 is 11.3 Å². The van der Waals surface area contributed by atoms with Gasteiger partial charge in [0.2, 0.25) is 15.9 Å². The number of ether oxygens (including phenoxy) is 1. The van der Waals surface area contributed by atoms with Crippen LogP contribution in [0.1, 0.15) is 22.2 Å². The zero-order chi connectivity index (χ0) is 33.5. The van der Waals surface area contributed by atoms with Crippen molar-refractivity contribution in [3.05, 3.63) is 89.3 Å². The highest BCUT2D eigenvalue weighted by Gasteiger charge is 2.26. The number of sulfonamides is 1. The maximum atomic E-state index is 12.1. The molecular formula is C35H36N4O6S2. The Balaban J connectivity index is 1.29. The summed E-state index contributed by atoms with van der Waals surface area (Å²) in [7, 11) is 0.424. The third kappa shape index (κ3) is 6.49. The van der Waals surface area contributed by atoms with Crippen LogP contribution in [0.25, 0.3) is 32.6 Å². The molecule has 1 N–H and O–H groups in total. The Morgan fingerprint density at radius 2 is 1.62 bits per heavy atom. The van der Waals surface area contributed by atoms with E-state index in [9.17, 15) is 23.1 Å². The molecule has 0 unspecified atom stereocenters. The van der Waals surface area contributed by atoms with Crippen LogP contribution in [-0.4, -0.2) is 73.8 Å². The maximum absolute atomic E-state index is 12.1. The number of aromatic carboxylic acids is 1. The number of piperazine rings is 1. The van der Waals surface area contributed by atoms with E-state index in [1.165, 1.54) is 28.8 Å². The minimum absolute atomic E-state index is 0.0865.